The summed E-state index contributed by atoms with van der Waals surface area (Å²) in [6.45, 7) is 4.62. The van der Waals surface area contributed by atoms with Crippen molar-refractivity contribution < 1.29 is 24.2 Å². The third-order valence-electron chi connectivity index (χ3n) is 5.39. The number of carbonyl (C=O) groups is 2. The van der Waals surface area contributed by atoms with E-state index in [1.54, 1.807) is 24.3 Å². The second-order valence-corrected chi connectivity index (χ2v) is 9.32. The van der Waals surface area contributed by atoms with E-state index in [-0.39, 0.29) is 34.6 Å². The molecule has 1 atom stereocenters. The highest BCUT2D eigenvalue weighted by Gasteiger charge is 2.46. The van der Waals surface area contributed by atoms with Crippen molar-refractivity contribution in [1.82, 2.24) is 9.80 Å². The number of aliphatic hydroxyl groups excluding tert-OH is 1. The van der Waals surface area contributed by atoms with Gasteiger partial charge in [0.05, 0.1) is 34.9 Å². The average molecular weight is 507 g/mol. The third-order valence-corrected chi connectivity index (χ3v) is 6.13. The number of hydrogen-bond acceptors (Lipinski definition) is 6. The number of hydrogen-bond donors (Lipinski definition) is 1. The molecule has 0 saturated carbocycles. The van der Waals surface area contributed by atoms with E-state index < -0.39 is 17.7 Å². The predicted molar refractivity (Wildman–Crippen MR) is 133 cm³/mol. The van der Waals surface area contributed by atoms with Gasteiger partial charge in [0.2, 0.25) is 0 Å². The van der Waals surface area contributed by atoms with Crippen LogP contribution in [0.5, 0.6) is 11.5 Å². The molecule has 1 unspecified atom stereocenters. The van der Waals surface area contributed by atoms with Crippen molar-refractivity contribution >= 4 is 40.7 Å². The largest absolute Gasteiger partial charge is 0.507 e. The number of ether oxygens (including phenoxy) is 2. The summed E-state index contributed by atoms with van der Waals surface area (Å²) in [6, 6.07) is 8.94. The number of likely N-dealkylation sites (tertiary alicyclic amines) is 1. The Morgan fingerprint density at radius 2 is 1.79 bits per heavy atom. The molecule has 1 N–H and O–H groups in total. The van der Waals surface area contributed by atoms with Gasteiger partial charge in [0, 0.05) is 18.7 Å². The fourth-order valence-electron chi connectivity index (χ4n) is 3.77. The van der Waals surface area contributed by atoms with Crippen LogP contribution in [-0.2, 0) is 9.59 Å². The third kappa shape index (κ3) is 5.32. The maximum absolute atomic E-state index is 13.1. The van der Waals surface area contributed by atoms with Crippen molar-refractivity contribution in [2.45, 2.75) is 26.0 Å². The number of carbonyl (C=O) groups excluding carboxylic acids is 2. The highest BCUT2D eigenvalue weighted by molar-refractivity contribution is 6.46. The zero-order valence-corrected chi connectivity index (χ0v) is 21.3. The first-order valence-corrected chi connectivity index (χ1v) is 11.5. The fraction of sp³-hybridized carbons (Fsp3) is 0.360. The van der Waals surface area contributed by atoms with E-state index in [0.717, 1.165) is 0 Å². The number of Topliss-reactive ketones (excluding diaryl/α,β-unsaturated/α-hetero) is 1. The maximum atomic E-state index is 13.1. The molecule has 1 saturated heterocycles. The topological polar surface area (TPSA) is 79.3 Å². The maximum Gasteiger partial charge on any atom is 0.295 e. The second kappa shape index (κ2) is 10.7. The number of halogens is 2. The summed E-state index contributed by atoms with van der Waals surface area (Å²) in [6.07, 6.45) is -0.0693. The van der Waals surface area contributed by atoms with Crippen LogP contribution in [0.25, 0.3) is 5.76 Å². The lowest BCUT2D eigenvalue weighted by Crippen LogP contribution is -2.35. The lowest BCUT2D eigenvalue weighted by Gasteiger charge is -2.27. The van der Waals surface area contributed by atoms with Crippen LogP contribution in [0.15, 0.2) is 42.0 Å². The molecule has 1 amide bonds. The van der Waals surface area contributed by atoms with E-state index in [9.17, 15) is 14.7 Å². The Morgan fingerprint density at radius 3 is 2.38 bits per heavy atom. The van der Waals surface area contributed by atoms with E-state index >= 15 is 0 Å². The van der Waals surface area contributed by atoms with Gasteiger partial charge in [-0.3, -0.25) is 9.59 Å². The summed E-state index contributed by atoms with van der Waals surface area (Å²) in [4.78, 5) is 29.6. The Kier molecular flexibility index (Phi) is 8.13. The predicted octanol–water partition coefficient (Wildman–Crippen LogP) is 4.77. The minimum absolute atomic E-state index is 0.0262. The van der Waals surface area contributed by atoms with E-state index in [0.29, 0.717) is 28.6 Å². The van der Waals surface area contributed by atoms with Crippen LogP contribution in [0.4, 0.5) is 0 Å². The van der Waals surface area contributed by atoms with Crippen LogP contribution in [0.3, 0.4) is 0 Å². The minimum Gasteiger partial charge on any atom is -0.507 e. The highest BCUT2D eigenvalue weighted by atomic mass is 35.5. The lowest BCUT2D eigenvalue weighted by molar-refractivity contribution is -0.140. The second-order valence-electron chi connectivity index (χ2n) is 8.50. The average Bonchev–Trinajstić information content (AvgIpc) is 3.03. The van der Waals surface area contributed by atoms with Gasteiger partial charge >= 0.3 is 0 Å². The number of nitrogens with zero attached hydrogens (tertiary/aromatic N) is 2. The molecule has 7 nitrogen and oxygen atoms in total. The van der Waals surface area contributed by atoms with E-state index in [4.69, 9.17) is 32.7 Å². The van der Waals surface area contributed by atoms with Crippen LogP contribution in [0.2, 0.25) is 10.0 Å². The molecule has 9 heteroatoms. The smallest absolute Gasteiger partial charge is 0.295 e. The number of methoxy groups -OCH3 is 1. The number of aliphatic hydroxyl groups is 1. The van der Waals surface area contributed by atoms with Crippen LogP contribution in [0, 0.1) is 0 Å². The van der Waals surface area contributed by atoms with Crippen molar-refractivity contribution in [2.75, 3.05) is 34.3 Å². The molecule has 3 rings (SSSR count). The molecule has 1 aliphatic heterocycles. The number of rotatable bonds is 8. The van der Waals surface area contributed by atoms with Gasteiger partial charge in [-0.1, -0.05) is 29.3 Å². The van der Waals surface area contributed by atoms with E-state index in [1.165, 1.54) is 24.1 Å². The summed E-state index contributed by atoms with van der Waals surface area (Å²) in [5.74, 6) is -0.783. The van der Waals surface area contributed by atoms with Crippen LogP contribution < -0.4 is 9.47 Å². The van der Waals surface area contributed by atoms with E-state index in [1.807, 2.05) is 32.8 Å². The Labute approximate surface area is 209 Å². The molecule has 1 heterocycles. The van der Waals surface area contributed by atoms with Gasteiger partial charge in [0.15, 0.2) is 11.5 Å². The molecule has 0 aliphatic carbocycles. The van der Waals surface area contributed by atoms with Crippen molar-refractivity contribution in [3.8, 4) is 11.5 Å². The minimum atomic E-state index is -0.823. The van der Waals surface area contributed by atoms with Crippen molar-refractivity contribution in [3.05, 3.63) is 63.1 Å². The van der Waals surface area contributed by atoms with Crippen LogP contribution in [0.1, 0.15) is 31.0 Å². The molecule has 0 bridgehead atoms. The first-order chi connectivity index (χ1) is 16.0. The first-order valence-electron chi connectivity index (χ1n) is 10.8. The first kappa shape index (κ1) is 25.9. The van der Waals surface area contributed by atoms with Gasteiger partial charge in [0.25, 0.3) is 11.7 Å². The standard InChI is InChI=1S/C25H28Cl2N2O5/c1-14(2)34-19-9-7-15(13-20(19)33-5)22-21(23(30)16-6-8-17(26)18(27)12-16)24(31)25(32)29(22)11-10-28(3)4/h6-9,12-14,22,30H,10-11H2,1-5H3/b23-21-. The summed E-state index contributed by atoms with van der Waals surface area (Å²) < 4.78 is 11.3. The van der Waals surface area contributed by atoms with Crippen LogP contribution in [-0.4, -0.2) is 67.0 Å². The van der Waals surface area contributed by atoms with E-state index in [2.05, 4.69) is 0 Å². The normalized spacial score (nSPS) is 17.7. The highest BCUT2D eigenvalue weighted by Crippen LogP contribution is 2.42. The molecule has 1 fully saturated rings. The number of likely N-dealkylation sites (N-methyl/N-ethyl adjacent to an activating group) is 1. The molecule has 34 heavy (non-hydrogen) atoms. The number of benzene rings is 2. The summed E-state index contributed by atoms with van der Waals surface area (Å²) >= 11 is 12.1. The number of ketones is 1. The molecule has 0 radical (unpaired) electrons. The van der Waals surface area contributed by atoms with Crippen LogP contribution >= 0.6 is 23.2 Å². The molecular weight excluding hydrogens is 479 g/mol. The summed E-state index contributed by atoms with van der Waals surface area (Å²) in [5, 5.41) is 11.7. The Balaban J connectivity index is 2.18. The summed E-state index contributed by atoms with van der Waals surface area (Å²) in [5.41, 5.74) is 0.867. The molecular formula is C25H28Cl2N2O5. The molecule has 2 aromatic rings. The lowest BCUT2D eigenvalue weighted by atomic mass is 9.95. The Bertz CT molecular complexity index is 1130. The zero-order chi connectivity index (χ0) is 25.2. The zero-order valence-electron chi connectivity index (χ0n) is 19.8. The fourth-order valence-corrected chi connectivity index (χ4v) is 4.07. The Hall–Kier alpha value is -2.74. The molecule has 0 spiro atoms. The van der Waals surface area contributed by atoms with Crippen molar-refractivity contribution in [1.29, 1.82) is 0 Å². The van der Waals surface area contributed by atoms with Gasteiger partial charge in [-0.25, -0.2) is 0 Å². The Morgan fingerprint density at radius 1 is 1.09 bits per heavy atom. The molecule has 182 valence electrons. The van der Waals surface area contributed by atoms with Gasteiger partial charge < -0.3 is 24.4 Å². The quantitative estimate of drug-likeness (QED) is 0.315. The molecule has 2 aromatic carbocycles. The molecule has 1 aliphatic rings. The summed E-state index contributed by atoms with van der Waals surface area (Å²) in [7, 11) is 5.27. The number of amides is 1. The molecule has 0 aromatic heterocycles. The van der Waals surface area contributed by atoms with Gasteiger partial charge in [-0.05, 0) is 63.8 Å². The monoisotopic (exact) mass is 506 g/mol. The van der Waals surface area contributed by atoms with Crippen molar-refractivity contribution in [2.24, 2.45) is 0 Å². The van der Waals surface area contributed by atoms with Gasteiger partial charge in [-0.15, -0.1) is 0 Å². The van der Waals surface area contributed by atoms with Gasteiger partial charge in [0.1, 0.15) is 5.76 Å². The SMILES string of the molecule is COc1cc(C2/C(=C(/O)c3ccc(Cl)c(Cl)c3)C(=O)C(=O)N2CCN(C)C)ccc1OC(C)C. The van der Waals surface area contributed by atoms with Crippen molar-refractivity contribution in [3.63, 3.8) is 0 Å². The van der Waals surface area contributed by atoms with Gasteiger partial charge in [-0.2, -0.15) is 0 Å².